The molecule has 0 aliphatic heterocycles. The number of benzene rings is 2. The summed E-state index contributed by atoms with van der Waals surface area (Å²) in [6.07, 6.45) is 1.73. The van der Waals surface area contributed by atoms with Gasteiger partial charge >= 0.3 is 6.61 Å². The second-order valence-electron chi connectivity index (χ2n) is 5.62. The minimum atomic E-state index is -2.88. The van der Waals surface area contributed by atoms with Crippen LogP contribution in [0.25, 0.3) is 11.3 Å². The molecule has 0 fully saturated rings. The van der Waals surface area contributed by atoms with E-state index < -0.39 is 11.9 Å². The van der Waals surface area contributed by atoms with E-state index in [1.807, 2.05) is 30.3 Å². The van der Waals surface area contributed by atoms with Gasteiger partial charge in [-0.25, -0.2) is 4.98 Å². The Morgan fingerprint density at radius 3 is 2.52 bits per heavy atom. The van der Waals surface area contributed by atoms with Crippen LogP contribution >= 0.6 is 11.8 Å². The van der Waals surface area contributed by atoms with Crippen molar-refractivity contribution >= 4 is 23.4 Å². The molecule has 0 aliphatic rings. The van der Waals surface area contributed by atoms with Gasteiger partial charge in [-0.1, -0.05) is 42.1 Å². The third kappa shape index (κ3) is 5.30. The van der Waals surface area contributed by atoms with Gasteiger partial charge in [-0.05, 0) is 36.8 Å². The topological polar surface area (TPSA) is 67.0 Å². The van der Waals surface area contributed by atoms with Crippen LogP contribution < -0.4 is 10.1 Å². The van der Waals surface area contributed by atoms with Crippen LogP contribution in [-0.2, 0) is 4.79 Å². The SMILES string of the molecule is CC(Sc1ncc(-c2ccccc2)[nH]1)C(=O)Nc1ccc(OC(F)F)cc1. The monoisotopic (exact) mass is 389 g/mol. The van der Waals surface area contributed by atoms with E-state index in [1.54, 1.807) is 13.1 Å². The van der Waals surface area contributed by atoms with Crippen LogP contribution in [0.3, 0.4) is 0 Å². The van der Waals surface area contributed by atoms with Crippen molar-refractivity contribution < 1.29 is 18.3 Å². The Kier molecular flexibility index (Phi) is 6.08. The number of H-pyrrole nitrogens is 1. The molecule has 1 heterocycles. The lowest BCUT2D eigenvalue weighted by molar-refractivity contribution is -0.115. The van der Waals surface area contributed by atoms with E-state index in [0.29, 0.717) is 10.8 Å². The van der Waals surface area contributed by atoms with Crippen LogP contribution in [-0.4, -0.2) is 27.7 Å². The van der Waals surface area contributed by atoms with Crippen molar-refractivity contribution in [1.29, 1.82) is 0 Å². The Balaban J connectivity index is 1.57. The molecule has 5 nitrogen and oxygen atoms in total. The first kappa shape index (κ1) is 18.9. The zero-order valence-electron chi connectivity index (χ0n) is 14.4. The quantitative estimate of drug-likeness (QED) is 0.570. The maximum Gasteiger partial charge on any atom is 0.387 e. The lowest BCUT2D eigenvalue weighted by atomic mass is 10.2. The minimum absolute atomic E-state index is 0.0365. The summed E-state index contributed by atoms with van der Waals surface area (Å²) in [7, 11) is 0. The summed E-state index contributed by atoms with van der Waals surface area (Å²) in [4.78, 5) is 19.8. The molecule has 0 aliphatic carbocycles. The van der Waals surface area contributed by atoms with Crippen molar-refractivity contribution in [2.45, 2.75) is 23.9 Å². The molecule has 0 spiro atoms. The van der Waals surface area contributed by atoms with Gasteiger partial charge < -0.3 is 15.0 Å². The number of nitrogens with one attached hydrogen (secondary N) is 2. The number of rotatable bonds is 7. The van der Waals surface area contributed by atoms with E-state index in [4.69, 9.17) is 0 Å². The van der Waals surface area contributed by atoms with Crippen molar-refractivity contribution in [2.75, 3.05) is 5.32 Å². The maximum atomic E-state index is 12.3. The minimum Gasteiger partial charge on any atom is -0.435 e. The summed E-state index contributed by atoms with van der Waals surface area (Å²) in [6, 6.07) is 15.5. The fourth-order valence-corrected chi connectivity index (χ4v) is 3.10. The van der Waals surface area contributed by atoms with Gasteiger partial charge in [-0.15, -0.1) is 0 Å². The van der Waals surface area contributed by atoms with Gasteiger partial charge in [0.2, 0.25) is 5.91 Å². The fraction of sp³-hybridized carbons (Fsp3) is 0.158. The average molecular weight is 389 g/mol. The number of imidazole rings is 1. The highest BCUT2D eigenvalue weighted by atomic mass is 32.2. The highest BCUT2D eigenvalue weighted by Gasteiger charge is 2.17. The van der Waals surface area contributed by atoms with Crippen molar-refractivity contribution in [1.82, 2.24) is 9.97 Å². The standard InChI is InChI=1S/C19H17F2N3O2S/c1-12(17(25)23-14-7-9-15(10-8-14)26-18(20)21)27-19-22-11-16(24-19)13-5-3-2-4-6-13/h2-12,18H,1H3,(H,22,24)(H,23,25). The molecule has 3 rings (SSSR count). The largest absolute Gasteiger partial charge is 0.435 e. The molecule has 1 aromatic heterocycles. The van der Waals surface area contributed by atoms with Gasteiger partial charge in [-0.2, -0.15) is 8.78 Å². The average Bonchev–Trinajstić information content (AvgIpc) is 3.12. The van der Waals surface area contributed by atoms with Gasteiger partial charge in [0.25, 0.3) is 0 Å². The lowest BCUT2D eigenvalue weighted by Crippen LogP contribution is -2.22. The number of aromatic nitrogens is 2. The molecule has 27 heavy (non-hydrogen) atoms. The first-order valence-corrected chi connectivity index (χ1v) is 9.02. The van der Waals surface area contributed by atoms with Crippen LogP contribution in [0.1, 0.15) is 6.92 Å². The van der Waals surface area contributed by atoms with Gasteiger partial charge in [0, 0.05) is 5.69 Å². The second kappa shape index (κ2) is 8.68. The number of ether oxygens (including phenoxy) is 1. The Morgan fingerprint density at radius 1 is 1.15 bits per heavy atom. The lowest BCUT2D eigenvalue weighted by Gasteiger charge is -2.11. The Hall–Kier alpha value is -2.87. The summed E-state index contributed by atoms with van der Waals surface area (Å²) in [5, 5.41) is 2.97. The Morgan fingerprint density at radius 2 is 1.85 bits per heavy atom. The molecule has 1 atom stereocenters. The number of halogens is 2. The molecule has 0 bridgehead atoms. The third-order valence-corrected chi connectivity index (χ3v) is 4.64. The summed E-state index contributed by atoms with van der Waals surface area (Å²) >= 11 is 1.30. The molecule has 140 valence electrons. The number of aromatic amines is 1. The van der Waals surface area contributed by atoms with Crippen molar-refractivity contribution in [3.8, 4) is 17.0 Å². The summed E-state index contributed by atoms with van der Waals surface area (Å²) in [5.74, 6) is -0.186. The first-order chi connectivity index (χ1) is 13.0. The number of carbonyl (C=O) groups is 1. The normalized spacial score (nSPS) is 12.0. The summed E-state index contributed by atoms with van der Waals surface area (Å²) in [6.45, 7) is -1.12. The van der Waals surface area contributed by atoms with Gasteiger partial charge in [0.15, 0.2) is 5.16 Å². The number of alkyl halides is 2. The number of hydrogen-bond donors (Lipinski definition) is 2. The van der Waals surface area contributed by atoms with E-state index >= 15 is 0 Å². The molecule has 1 amide bonds. The highest BCUT2D eigenvalue weighted by molar-refractivity contribution is 8.00. The van der Waals surface area contributed by atoms with Gasteiger partial charge in [0.1, 0.15) is 5.75 Å². The van der Waals surface area contributed by atoms with Crippen molar-refractivity contribution in [3.05, 3.63) is 60.8 Å². The van der Waals surface area contributed by atoms with Crippen LogP contribution in [0, 0.1) is 0 Å². The number of hydrogen-bond acceptors (Lipinski definition) is 4. The second-order valence-corrected chi connectivity index (χ2v) is 6.95. The number of amides is 1. The van der Waals surface area contributed by atoms with E-state index in [0.717, 1.165) is 11.3 Å². The van der Waals surface area contributed by atoms with Gasteiger partial charge in [0.05, 0.1) is 17.1 Å². The molecule has 1 unspecified atom stereocenters. The smallest absolute Gasteiger partial charge is 0.387 e. The van der Waals surface area contributed by atoms with E-state index in [9.17, 15) is 13.6 Å². The maximum absolute atomic E-state index is 12.3. The molecule has 0 saturated heterocycles. The van der Waals surface area contributed by atoms with E-state index in [-0.39, 0.29) is 11.7 Å². The molecule has 0 radical (unpaired) electrons. The van der Waals surface area contributed by atoms with Crippen LogP contribution in [0.5, 0.6) is 5.75 Å². The predicted octanol–water partition coefficient (Wildman–Crippen LogP) is 4.80. The van der Waals surface area contributed by atoms with Gasteiger partial charge in [-0.3, -0.25) is 4.79 Å². The van der Waals surface area contributed by atoms with E-state index in [1.165, 1.54) is 36.0 Å². The highest BCUT2D eigenvalue weighted by Crippen LogP contribution is 2.25. The number of nitrogens with zero attached hydrogens (tertiary/aromatic N) is 1. The van der Waals surface area contributed by atoms with Crippen LogP contribution in [0.4, 0.5) is 14.5 Å². The van der Waals surface area contributed by atoms with Crippen LogP contribution in [0.2, 0.25) is 0 Å². The molecule has 2 N–H and O–H groups in total. The van der Waals surface area contributed by atoms with Crippen LogP contribution in [0.15, 0.2) is 66.0 Å². The number of thioether (sulfide) groups is 1. The number of anilines is 1. The molecular weight excluding hydrogens is 372 g/mol. The fourth-order valence-electron chi connectivity index (χ4n) is 2.31. The molecule has 0 saturated carbocycles. The van der Waals surface area contributed by atoms with Crippen molar-refractivity contribution in [3.63, 3.8) is 0 Å². The predicted molar refractivity (Wildman–Crippen MR) is 101 cm³/mol. The Labute approximate surface area is 159 Å². The Bertz CT molecular complexity index is 885. The molecule has 2 aromatic carbocycles. The van der Waals surface area contributed by atoms with E-state index in [2.05, 4.69) is 20.0 Å². The third-order valence-electron chi connectivity index (χ3n) is 3.64. The summed E-state index contributed by atoms with van der Waals surface area (Å²) in [5.41, 5.74) is 2.39. The summed E-state index contributed by atoms with van der Waals surface area (Å²) < 4.78 is 28.6. The first-order valence-electron chi connectivity index (χ1n) is 8.14. The molecular formula is C19H17F2N3O2S. The molecule has 3 aromatic rings. The number of carbonyl (C=O) groups excluding carboxylic acids is 1. The molecule has 8 heteroatoms. The zero-order valence-corrected chi connectivity index (χ0v) is 15.2. The zero-order chi connectivity index (χ0) is 19.2. The van der Waals surface area contributed by atoms with Crippen molar-refractivity contribution in [2.24, 2.45) is 0 Å².